The number of rotatable bonds is 3. The number of benzene rings is 1. The lowest BCUT2D eigenvalue weighted by Crippen LogP contribution is -2.49. The first-order valence-corrected chi connectivity index (χ1v) is 7.59. The molecule has 0 atom stereocenters. The van der Waals surface area contributed by atoms with Crippen LogP contribution in [0.15, 0.2) is 18.2 Å². The van der Waals surface area contributed by atoms with E-state index in [0.717, 1.165) is 24.3 Å². The highest BCUT2D eigenvalue weighted by Gasteiger charge is 2.29. The summed E-state index contributed by atoms with van der Waals surface area (Å²) < 4.78 is 20.0. The van der Waals surface area contributed by atoms with E-state index in [4.69, 9.17) is 4.74 Å². The number of halogens is 1. The lowest BCUT2D eigenvalue weighted by atomic mass is 10.0. The highest BCUT2D eigenvalue weighted by molar-refractivity contribution is 5.55. The Kier molecular flexibility index (Phi) is 4.59. The van der Waals surface area contributed by atoms with Gasteiger partial charge in [-0.1, -0.05) is 6.07 Å². The van der Waals surface area contributed by atoms with Crippen LogP contribution in [-0.4, -0.2) is 30.8 Å². The van der Waals surface area contributed by atoms with Gasteiger partial charge in [0.15, 0.2) is 0 Å². The second-order valence-electron chi connectivity index (χ2n) is 7.37. The molecule has 118 valence electrons. The summed E-state index contributed by atoms with van der Waals surface area (Å²) in [6.07, 6.45) is 0. The Bertz CT molecular complexity index is 494. The number of hydrogen-bond donors (Lipinski definition) is 1. The number of ether oxygens (including phenoxy) is 1. The van der Waals surface area contributed by atoms with Crippen molar-refractivity contribution in [1.82, 2.24) is 5.32 Å². The zero-order valence-corrected chi connectivity index (χ0v) is 13.8. The molecule has 1 aromatic rings. The van der Waals surface area contributed by atoms with Crippen LogP contribution in [0.4, 0.5) is 10.1 Å². The van der Waals surface area contributed by atoms with Crippen LogP contribution in [0.1, 0.15) is 40.2 Å². The summed E-state index contributed by atoms with van der Waals surface area (Å²) in [5.41, 5.74) is 1.48. The molecule has 0 aliphatic carbocycles. The van der Waals surface area contributed by atoms with E-state index < -0.39 is 0 Å². The fraction of sp³-hybridized carbons (Fsp3) is 0.647. The molecule has 1 saturated heterocycles. The highest BCUT2D eigenvalue weighted by atomic mass is 19.1. The maximum absolute atomic E-state index is 14.3. The third-order valence-electron chi connectivity index (χ3n) is 3.66. The van der Waals surface area contributed by atoms with Gasteiger partial charge in [0.05, 0.1) is 12.2 Å². The smallest absolute Gasteiger partial charge is 0.129 e. The van der Waals surface area contributed by atoms with E-state index in [9.17, 15) is 4.39 Å². The Hall–Kier alpha value is -1.13. The van der Waals surface area contributed by atoms with Crippen LogP contribution in [0.25, 0.3) is 0 Å². The van der Waals surface area contributed by atoms with Crippen LogP contribution < -0.4 is 10.2 Å². The summed E-state index contributed by atoms with van der Waals surface area (Å²) in [5, 5.41) is 3.38. The molecule has 2 rings (SSSR count). The van der Waals surface area contributed by atoms with Crippen LogP contribution in [0, 0.1) is 5.82 Å². The van der Waals surface area contributed by atoms with Crippen molar-refractivity contribution in [2.45, 2.75) is 52.3 Å². The Morgan fingerprint density at radius 1 is 1.33 bits per heavy atom. The average molecular weight is 294 g/mol. The number of morpholine rings is 1. The van der Waals surface area contributed by atoms with Crippen LogP contribution in [0.5, 0.6) is 0 Å². The van der Waals surface area contributed by atoms with Gasteiger partial charge in [0, 0.05) is 36.4 Å². The Morgan fingerprint density at radius 2 is 2.05 bits per heavy atom. The second-order valence-corrected chi connectivity index (χ2v) is 7.37. The molecule has 1 N–H and O–H groups in total. The molecule has 0 bridgehead atoms. The molecule has 1 aromatic carbocycles. The first kappa shape index (κ1) is 16.2. The molecule has 0 unspecified atom stereocenters. The number of anilines is 1. The van der Waals surface area contributed by atoms with Crippen molar-refractivity contribution < 1.29 is 9.13 Å². The van der Waals surface area contributed by atoms with Gasteiger partial charge >= 0.3 is 0 Å². The Balaban J connectivity index is 2.24. The van der Waals surface area contributed by atoms with E-state index in [2.05, 4.69) is 44.8 Å². The van der Waals surface area contributed by atoms with Gasteiger partial charge in [-0.25, -0.2) is 4.39 Å². The van der Waals surface area contributed by atoms with Crippen molar-refractivity contribution in [1.29, 1.82) is 0 Å². The zero-order chi connectivity index (χ0) is 15.7. The molecule has 1 aliphatic heterocycles. The summed E-state index contributed by atoms with van der Waals surface area (Å²) in [5.74, 6) is -0.145. The van der Waals surface area contributed by atoms with Gasteiger partial charge in [0.2, 0.25) is 0 Å². The van der Waals surface area contributed by atoms with Crippen LogP contribution >= 0.6 is 0 Å². The summed E-state index contributed by atoms with van der Waals surface area (Å²) in [4.78, 5) is 2.23. The molecule has 0 spiro atoms. The standard InChI is InChI=1S/C17H27FN2O/c1-16(2,3)19-11-13-14(18)7-6-8-15(13)20-9-10-21-17(4,5)12-20/h6-8,19H,9-12H2,1-5H3. The molecule has 1 heterocycles. The van der Waals surface area contributed by atoms with Gasteiger partial charge in [0.25, 0.3) is 0 Å². The second kappa shape index (κ2) is 5.93. The topological polar surface area (TPSA) is 24.5 Å². The first-order chi connectivity index (χ1) is 9.68. The van der Waals surface area contributed by atoms with Crippen LogP contribution in [0.3, 0.4) is 0 Å². The van der Waals surface area contributed by atoms with Crippen LogP contribution in [-0.2, 0) is 11.3 Å². The molecule has 0 amide bonds. The highest BCUT2D eigenvalue weighted by Crippen LogP contribution is 2.28. The van der Waals surface area contributed by atoms with Gasteiger partial charge < -0.3 is 15.0 Å². The van der Waals surface area contributed by atoms with E-state index in [1.165, 1.54) is 6.07 Å². The van der Waals surface area contributed by atoms with E-state index in [1.807, 2.05) is 6.07 Å². The molecule has 1 aliphatic rings. The van der Waals surface area contributed by atoms with E-state index in [0.29, 0.717) is 13.2 Å². The molecule has 0 radical (unpaired) electrons. The summed E-state index contributed by atoms with van der Waals surface area (Å²) >= 11 is 0. The molecule has 4 heteroatoms. The lowest BCUT2D eigenvalue weighted by molar-refractivity contribution is -0.0277. The van der Waals surface area contributed by atoms with Crippen molar-refractivity contribution >= 4 is 5.69 Å². The molecule has 0 aromatic heterocycles. The van der Waals surface area contributed by atoms with Crippen molar-refractivity contribution in [3.05, 3.63) is 29.6 Å². The molecular weight excluding hydrogens is 267 g/mol. The summed E-state index contributed by atoms with van der Waals surface area (Å²) in [7, 11) is 0. The monoisotopic (exact) mass is 294 g/mol. The van der Waals surface area contributed by atoms with Gasteiger partial charge in [-0.3, -0.25) is 0 Å². The zero-order valence-electron chi connectivity index (χ0n) is 13.8. The van der Waals surface area contributed by atoms with Crippen LogP contribution in [0.2, 0.25) is 0 Å². The molecular formula is C17H27FN2O. The minimum Gasteiger partial charge on any atom is -0.372 e. The van der Waals surface area contributed by atoms with Crippen molar-refractivity contribution in [2.24, 2.45) is 0 Å². The van der Waals surface area contributed by atoms with E-state index in [-0.39, 0.29) is 17.0 Å². The Morgan fingerprint density at radius 3 is 2.67 bits per heavy atom. The average Bonchev–Trinajstić information content (AvgIpc) is 2.34. The number of hydrogen-bond acceptors (Lipinski definition) is 3. The van der Waals surface area contributed by atoms with E-state index >= 15 is 0 Å². The molecule has 0 saturated carbocycles. The number of nitrogens with one attached hydrogen (secondary N) is 1. The normalized spacial score (nSPS) is 18.9. The van der Waals surface area contributed by atoms with Gasteiger partial charge in [-0.05, 0) is 46.8 Å². The third-order valence-corrected chi connectivity index (χ3v) is 3.66. The van der Waals surface area contributed by atoms with Crippen molar-refractivity contribution in [3.63, 3.8) is 0 Å². The predicted molar refractivity (Wildman–Crippen MR) is 85.2 cm³/mol. The van der Waals surface area contributed by atoms with Crippen molar-refractivity contribution in [2.75, 3.05) is 24.6 Å². The summed E-state index contributed by atoms with van der Waals surface area (Å²) in [6, 6.07) is 5.33. The summed E-state index contributed by atoms with van der Waals surface area (Å²) in [6.45, 7) is 13.2. The van der Waals surface area contributed by atoms with Gasteiger partial charge in [-0.15, -0.1) is 0 Å². The molecule has 21 heavy (non-hydrogen) atoms. The quantitative estimate of drug-likeness (QED) is 0.925. The maximum atomic E-state index is 14.3. The third kappa shape index (κ3) is 4.42. The maximum Gasteiger partial charge on any atom is 0.129 e. The molecule has 3 nitrogen and oxygen atoms in total. The minimum absolute atomic E-state index is 0.0379. The largest absolute Gasteiger partial charge is 0.372 e. The predicted octanol–water partition coefficient (Wildman–Crippen LogP) is 3.33. The van der Waals surface area contributed by atoms with Gasteiger partial charge in [0.1, 0.15) is 5.82 Å². The number of nitrogens with zero attached hydrogens (tertiary/aromatic N) is 1. The lowest BCUT2D eigenvalue weighted by Gasteiger charge is -2.40. The SMILES string of the molecule is CC(C)(C)NCc1c(F)cccc1N1CCOC(C)(C)C1. The van der Waals surface area contributed by atoms with Gasteiger partial charge in [-0.2, -0.15) is 0 Å². The van der Waals surface area contributed by atoms with Crippen molar-refractivity contribution in [3.8, 4) is 0 Å². The first-order valence-electron chi connectivity index (χ1n) is 7.59. The fourth-order valence-electron chi connectivity index (χ4n) is 2.59. The minimum atomic E-state index is -0.195. The molecule has 1 fully saturated rings. The fourth-order valence-corrected chi connectivity index (χ4v) is 2.59. The Labute approximate surface area is 127 Å². The van der Waals surface area contributed by atoms with E-state index in [1.54, 1.807) is 6.07 Å².